The molecule has 1 amide bonds. The first-order valence-corrected chi connectivity index (χ1v) is 31.1. The first-order chi connectivity index (χ1) is 38.3. The van der Waals surface area contributed by atoms with Crippen LogP contribution in [0.25, 0.3) is 0 Å². The lowest BCUT2D eigenvalue weighted by Crippen LogP contribution is -2.66. The lowest BCUT2D eigenvalue weighted by Gasteiger charge is -2.48. The van der Waals surface area contributed by atoms with Crippen LogP contribution in [0.2, 0.25) is 0 Å². The minimum atomic E-state index is -1.98. The molecule has 0 bridgehead atoms. The van der Waals surface area contributed by atoms with E-state index < -0.39 is 124 Å². The van der Waals surface area contributed by atoms with Crippen LogP contribution in [0.1, 0.15) is 219 Å². The van der Waals surface area contributed by atoms with E-state index in [2.05, 4.69) is 31.3 Å². The van der Waals surface area contributed by atoms with Crippen molar-refractivity contribution in [3.8, 4) is 0 Å². The third-order valence-electron chi connectivity index (χ3n) is 15.7. The Morgan fingerprint density at radius 2 is 0.797 bits per heavy atom. The van der Waals surface area contributed by atoms with E-state index in [9.17, 15) is 61.0 Å². The highest BCUT2D eigenvalue weighted by Gasteiger charge is 2.53. The van der Waals surface area contributed by atoms with Crippen molar-refractivity contribution in [2.45, 2.75) is 324 Å². The van der Waals surface area contributed by atoms with Gasteiger partial charge in [-0.2, -0.15) is 0 Å². The van der Waals surface area contributed by atoms with Gasteiger partial charge in [0.25, 0.3) is 0 Å². The fraction of sp³-hybridized carbons (Fsp3) is 0.917. The van der Waals surface area contributed by atoms with Crippen molar-refractivity contribution < 1.29 is 89.4 Å². The maximum Gasteiger partial charge on any atom is 0.220 e. The van der Waals surface area contributed by atoms with E-state index >= 15 is 0 Å². The van der Waals surface area contributed by atoms with E-state index in [0.717, 1.165) is 51.4 Å². The number of hydrogen-bond acceptors (Lipinski definition) is 18. The van der Waals surface area contributed by atoms with Gasteiger partial charge >= 0.3 is 0 Å². The SMILES string of the molecule is CCCCCCCCCC/C=C\CCCCCCCCCCCC(=O)NC(COC1OC(CO)C(OC2OC(CO)C(OC3OC(CO)C(O)C(O)C3O)C(O)C2O)C(O)C1O)C(O)/C=C/CCCCCCCCCCCCC. The average molecular weight is 1130 g/mol. The maximum absolute atomic E-state index is 13.3. The quantitative estimate of drug-likeness (QED) is 0.0248. The summed E-state index contributed by atoms with van der Waals surface area (Å²) >= 11 is 0. The number of nitrogens with one attached hydrogen (secondary N) is 1. The predicted molar refractivity (Wildman–Crippen MR) is 300 cm³/mol. The van der Waals surface area contributed by atoms with Gasteiger partial charge in [-0.1, -0.05) is 192 Å². The number of ether oxygens (including phenoxy) is 6. The monoisotopic (exact) mass is 1130 g/mol. The van der Waals surface area contributed by atoms with Gasteiger partial charge in [0.1, 0.15) is 73.2 Å². The van der Waals surface area contributed by atoms with E-state index in [4.69, 9.17) is 28.4 Å². The summed E-state index contributed by atoms with van der Waals surface area (Å²) in [4.78, 5) is 13.3. The molecule has 17 atom stereocenters. The number of aliphatic hydroxyl groups excluding tert-OH is 11. The fourth-order valence-corrected chi connectivity index (χ4v) is 10.6. The molecule has 19 heteroatoms. The second kappa shape index (κ2) is 43.8. The van der Waals surface area contributed by atoms with Crippen molar-refractivity contribution in [1.29, 1.82) is 0 Å². The molecular weight excluding hydrogens is 1020 g/mol. The van der Waals surface area contributed by atoms with Gasteiger partial charge < -0.3 is 89.9 Å². The highest BCUT2D eigenvalue weighted by atomic mass is 16.8. The Morgan fingerprint density at radius 1 is 0.443 bits per heavy atom. The first-order valence-electron chi connectivity index (χ1n) is 31.1. The topological polar surface area (TPSA) is 307 Å². The summed E-state index contributed by atoms with van der Waals surface area (Å²) in [6, 6.07) is -0.971. The van der Waals surface area contributed by atoms with E-state index in [1.165, 1.54) is 141 Å². The van der Waals surface area contributed by atoms with Gasteiger partial charge in [-0.25, -0.2) is 0 Å². The molecule has 0 aliphatic carbocycles. The van der Waals surface area contributed by atoms with Crippen molar-refractivity contribution in [3.63, 3.8) is 0 Å². The Labute approximate surface area is 473 Å². The number of allylic oxidation sites excluding steroid dienone is 3. The van der Waals surface area contributed by atoms with Crippen LogP contribution in [-0.4, -0.2) is 193 Å². The zero-order chi connectivity index (χ0) is 57.6. The average Bonchev–Trinajstić information content (AvgIpc) is 3.45. The number of amides is 1. The Kier molecular flexibility index (Phi) is 39.7. The van der Waals surface area contributed by atoms with Crippen molar-refractivity contribution in [3.05, 3.63) is 24.3 Å². The minimum Gasteiger partial charge on any atom is -0.394 e. The molecule has 3 heterocycles. The molecule has 0 aromatic carbocycles. The summed E-state index contributed by atoms with van der Waals surface area (Å²) in [5.41, 5.74) is 0. The second-order valence-electron chi connectivity index (χ2n) is 22.5. The third-order valence-corrected chi connectivity index (χ3v) is 15.7. The molecule has 3 aliphatic rings. The van der Waals surface area contributed by atoms with E-state index in [1.54, 1.807) is 6.08 Å². The van der Waals surface area contributed by atoms with Crippen molar-refractivity contribution >= 4 is 5.91 Å². The molecule has 79 heavy (non-hydrogen) atoms. The zero-order valence-corrected chi connectivity index (χ0v) is 48.4. The second-order valence-corrected chi connectivity index (χ2v) is 22.5. The van der Waals surface area contributed by atoms with Crippen LogP contribution in [0.3, 0.4) is 0 Å². The Hall–Kier alpha value is -1.73. The third kappa shape index (κ3) is 27.7. The molecular formula is C60H111NO18. The summed E-state index contributed by atoms with van der Waals surface area (Å²) in [5, 5.41) is 120. The Bertz CT molecular complexity index is 1540. The van der Waals surface area contributed by atoms with Crippen LogP contribution >= 0.6 is 0 Å². The molecule has 17 unspecified atom stereocenters. The minimum absolute atomic E-state index is 0.243. The molecule has 464 valence electrons. The van der Waals surface area contributed by atoms with Gasteiger partial charge in [0, 0.05) is 6.42 Å². The summed E-state index contributed by atoms with van der Waals surface area (Å²) in [5.74, 6) is -0.277. The van der Waals surface area contributed by atoms with Crippen molar-refractivity contribution in [2.24, 2.45) is 0 Å². The number of carbonyl (C=O) groups is 1. The van der Waals surface area contributed by atoms with Crippen molar-refractivity contribution in [2.75, 3.05) is 26.4 Å². The molecule has 0 saturated carbocycles. The van der Waals surface area contributed by atoms with Crippen LogP contribution in [-0.2, 0) is 33.2 Å². The number of aliphatic hydroxyl groups is 11. The molecule has 3 fully saturated rings. The molecule has 3 rings (SSSR count). The van der Waals surface area contributed by atoms with E-state index in [1.807, 2.05) is 6.08 Å². The maximum atomic E-state index is 13.3. The molecule has 0 spiro atoms. The smallest absolute Gasteiger partial charge is 0.220 e. The Morgan fingerprint density at radius 3 is 1.23 bits per heavy atom. The molecule has 0 radical (unpaired) electrons. The van der Waals surface area contributed by atoms with Gasteiger partial charge in [-0.3, -0.25) is 4.79 Å². The van der Waals surface area contributed by atoms with Crippen LogP contribution in [0.4, 0.5) is 0 Å². The first kappa shape index (κ1) is 71.5. The lowest BCUT2D eigenvalue weighted by atomic mass is 9.96. The highest BCUT2D eigenvalue weighted by Crippen LogP contribution is 2.33. The van der Waals surface area contributed by atoms with Gasteiger partial charge in [-0.05, 0) is 44.9 Å². The van der Waals surface area contributed by atoms with E-state index in [0.29, 0.717) is 6.42 Å². The van der Waals surface area contributed by atoms with Crippen molar-refractivity contribution in [1.82, 2.24) is 5.32 Å². The van der Waals surface area contributed by atoms with Crippen LogP contribution in [0.5, 0.6) is 0 Å². The van der Waals surface area contributed by atoms with Crippen LogP contribution < -0.4 is 5.32 Å². The summed E-state index contributed by atoms with van der Waals surface area (Å²) in [7, 11) is 0. The normalized spacial score (nSPS) is 30.4. The highest BCUT2D eigenvalue weighted by molar-refractivity contribution is 5.76. The number of hydrogen-bond donors (Lipinski definition) is 12. The Balaban J connectivity index is 1.48. The van der Waals surface area contributed by atoms with Gasteiger partial charge in [0.05, 0.1) is 38.6 Å². The van der Waals surface area contributed by atoms with E-state index in [-0.39, 0.29) is 18.9 Å². The summed E-state index contributed by atoms with van der Waals surface area (Å²) in [6.07, 6.45) is 18.7. The molecule has 0 aromatic heterocycles. The van der Waals surface area contributed by atoms with Gasteiger partial charge in [0.15, 0.2) is 18.9 Å². The fourth-order valence-electron chi connectivity index (χ4n) is 10.6. The van der Waals surface area contributed by atoms with Crippen LogP contribution in [0.15, 0.2) is 24.3 Å². The lowest BCUT2D eigenvalue weighted by molar-refractivity contribution is -0.379. The largest absolute Gasteiger partial charge is 0.394 e. The summed E-state index contributed by atoms with van der Waals surface area (Å²) < 4.78 is 34.2. The molecule has 3 saturated heterocycles. The summed E-state index contributed by atoms with van der Waals surface area (Å²) in [6.45, 7) is 1.72. The van der Waals surface area contributed by atoms with Gasteiger partial charge in [-0.15, -0.1) is 0 Å². The molecule has 12 N–H and O–H groups in total. The predicted octanol–water partition coefficient (Wildman–Crippen LogP) is 5.93. The zero-order valence-electron chi connectivity index (χ0n) is 48.4. The molecule has 19 nitrogen and oxygen atoms in total. The standard InChI is InChI=1S/C60H111NO18/c1-3-5-7-9-11-13-15-17-18-19-20-21-22-23-24-26-28-30-32-34-36-38-48(66)61-43(44(65)37-35-33-31-29-27-25-16-14-12-10-8-6-4-2)42-74-58-54(72)51(69)56(46(40-63)76-58)79-60-55(73)52(70)57(47(41-64)77-60)78-59-53(71)50(68)49(67)45(39-62)75-59/h19-20,35,37,43-47,49-60,62-65,67-73H,3-18,21-34,36,38-42H2,1-2H3,(H,61,66)/b20-19-,37-35+. The number of carbonyl (C=O) groups excluding carboxylic acids is 1. The number of unbranched alkanes of at least 4 members (excludes halogenated alkanes) is 28. The molecule has 3 aliphatic heterocycles. The van der Waals surface area contributed by atoms with Gasteiger partial charge in [0.2, 0.25) is 5.91 Å². The number of rotatable bonds is 46. The molecule has 0 aromatic rings. The van der Waals surface area contributed by atoms with Crippen LogP contribution in [0, 0.1) is 0 Å².